The van der Waals surface area contributed by atoms with E-state index in [9.17, 15) is 9.59 Å². The summed E-state index contributed by atoms with van der Waals surface area (Å²) in [6.45, 7) is 0. The van der Waals surface area contributed by atoms with Crippen molar-refractivity contribution in [2.45, 2.75) is 0 Å². The van der Waals surface area contributed by atoms with Gasteiger partial charge in [0.05, 0.1) is 5.56 Å². The van der Waals surface area contributed by atoms with Crippen LogP contribution in [0.25, 0.3) is 10.8 Å². The van der Waals surface area contributed by atoms with Crippen LogP contribution >= 0.6 is 0 Å². The zero-order valence-electron chi connectivity index (χ0n) is 8.34. The van der Waals surface area contributed by atoms with E-state index in [2.05, 4.69) is 4.74 Å². The fourth-order valence-corrected chi connectivity index (χ4v) is 1.55. The second kappa shape index (κ2) is 4.02. The van der Waals surface area contributed by atoms with Crippen LogP contribution in [-0.2, 0) is 4.74 Å². The van der Waals surface area contributed by atoms with Gasteiger partial charge in [-0.3, -0.25) is 0 Å². The van der Waals surface area contributed by atoms with Gasteiger partial charge in [-0.2, -0.15) is 0 Å². The molecule has 2 aromatic rings. The van der Waals surface area contributed by atoms with Gasteiger partial charge in [-0.25, -0.2) is 9.59 Å². The van der Waals surface area contributed by atoms with Crippen molar-refractivity contribution in [3.05, 3.63) is 48.0 Å². The van der Waals surface area contributed by atoms with E-state index in [1.54, 1.807) is 18.2 Å². The molecule has 2 rings (SSSR count). The van der Waals surface area contributed by atoms with E-state index in [0.29, 0.717) is 5.56 Å². The number of hydrogen-bond acceptors (Lipinski definition) is 3. The quantitative estimate of drug-likeness (QED) is 0.584. The number of hydrogen-bond donors (Lipinski definition) is 1. The summed E-state index contributed by atoms with van der Waals surface area (Å²) in [4.78, 5) is 22.0. The van der Waals surface area contributed by atoms with E-state index < -0.39 is 12.1 Å². The first-order valence-electron chi connectivity index (χ1n) is 4.68. The highest BCUT2D eigenvalue weighted by molar-refractivity contribution is 6.07. The van der Waals surface area contributed by atoms with Crippen molar-refractivity contribution >= 4 is 22.8 Å². The van der Waals surface area contributed by atoms with Gasteiger partial charge in [-0.05, 0) is 16.8 Å². The van der Waals surface area contributed by atoms with Crippen LogP contribution in [0.2, 0.25) is 0 Å². The van der Waals surface area contributed by atoms with Crippen LogP contribution in [0, 0.1) is 0 Å². The van der Waals surface area contributed by atoms with Crippen LogP contribution in [0.4, 0.5) is 4.79 Å². The lowest BCUT2D eigenvalue weighted by Gasteiger charge is -2.04. The second-order valence-electron chi connectivity index (χ2n) is 3.24. The molecule has 0 radical (unpaired) electrons. The molecule has 0 aliphatic rings. The topological polar surface area (TPSA) is 69.4 Å². The molecule has 0 atom stereocenters. The predicted molar refractivity (Wildman–Crippen MR) is 58.9 cm³/mol. The van der Waals surface area contributed by atoms with Crippen LogP contribution in [0.5, 0.6) is 0 Å². The van der Waals surface area contributed by atoms with Gasteiger partial charge in [0.2, 0.25) is 0 Å². The van der Waals surface area contributed by atoms with Crippen LogP contribution in [0.15, 0.2) is 42.5 Å². The molecule has 0 aliphatic carbocycles. The first kappa shape index (κ1) is 10.2. The third-order valence-electron chi connectivity index (χ3n) is 2.20. The summed E-state index contributed by atoms with van der Waals surface area (Å²) in [5.74, 6) is -0.732. The molecule has 0 spiro atoms. The summed E-state index contributed by atoms with van der Waals surface area (Å²) < 4.78 is 4.34. The number of nitrogens with two attached hydrogens (primary N) is 1. The number of amides is 1. The molecule has 0 unspecified atom stereocenters. The van der Waals surface area contributed by atoms with E-state index in [1.807, 2.05) is 24.3 Å². The Morgan fingerprint density at radius 2 is 1.69 bits per heavy atom. The highest BCUT2D eigenvalue weighted by Crippen LogP contribution is 2.19. The second-order valence-corrected chi connectivity index (χ2v) is 3.24. The van der Waals surface area contributed by atoms with E-state index in [0.717, 1.165) is 10.8 Å². The lowest BCUT2D eigenvalue weighted by atomic mass is 10.1. The van der Waals surface area contributed by atoms with E-state index in [4.69, 9.17) is 5.73 Å². The molecular formula is C12H9NO3. The molecule has 4 nitrogen and oxygen atoms in total. The molecule has 1 amide bonds. The zero-order valence-corrected chi connectivity index (χ0v) is 8.34. The SMILES string of the molecule is NC(=O)OC(=O)c1cccc2ccccc12. The van der Waals surface area contributed by atoms with Crippen LogP contribution in [0.3, 0.4) is 0 Å². The molecule has 0 aromatic heterocycles. The molecule has 4 heteroatoms. The summed E-state index contributed by atoms with van der Waals surface area (Å²) >= 11 is 0. The van der Waals surface area contributed by atoms with Gasteiger partial charge in [-0.1, -0.05) is 36.4 Å². The van der Waals surface area contributed by atoms with Crippen molar-refractivity contribution in [3.8, 4) is 0 Å². The molecule has 2 N–H and O–H groups in total. The van der Waals surface area contributed by atoms with E-state index >= 15 is 0 Å². The molecule has 0 fully saturated rings. The maximum Gasteiger partial charge on any atom is 0.412 e. The van der Waals surface area contributed by atoms with E-state index in [-0.39, 0.29) is 0 Å². The maximum absolute atomic E-state index is 11.5. The fourth-order valence-electron chi connectivity index (χ4n) is 1.55. The molecular weight excluding hydrogens is 206 g/mol. The van der Waals surface area contributed by atoms with Crippen LogP contribution in [-0.4, -0.2) is 12.1 Å². The Labute approximate surface area is 91.6 Å². The smallest absolute Gasteiger partial charge is 0.373 e. The summed E-state index contributed by atoms with van der Waals surface area (Å²) in [5.41, 5.74) is 5.12. The first-order chi connectivity index (χ1) is 7.68. The van der Waals surface area contributed by atoms with Crippen molar-refractivity contribution in [1.29, 1.82) is 0 Å². The minimum absolute atomic E-state index is 0.330. The fraction of sp³-hybridized carbons (Fsp3) is 0. The van der Waals surface area contributed by atoms with Gasteiger partial charge in [-0.15, -0.1) is 0 Å². The number of carbonyl (C=O) groups excluding carboxylic acids is 2. The Kier molecular flexibility index (Phi) is 2.55. The minimum Gasteiger partial charge on any atom is -0.373 e. The van der Waals surface area contributed by atoms with Crippen molar-refractivity contribution in [3.63, 3.8) is 0 Å². The maximum atomic E-state index is 11.5. The number of primary amides is 1. The number of rotatable bonds is 1. The third-order valence-corrected chi connectivity index (χ3v) is 2.20. The minimum atomic E-state index is -1.10. The largest absolute Gasteiger partial charge is 0.412 e. The number of ether oxygens (including phenoxy) is 1. The lowest BCUT2D eigenvalue weighted by molar-refractivity contribution is 0.0640. The van der Waals surface area contributed by atoms with Crippen LogP contribution in [0.1, 0.15) is 10.4 Å². The average molecular weight is 215 g/mol. The Balaban J connectivity index is 2.52. The van der Waals surface area contributed by atoms with Gasteiger partial charge < -0.3 is 10.5 Å². The molecule has 0 saturated heterocycles. The Bertz CT molecular complexity index is 558. The summed E-state index contributed by atoms with van der Waals surface area (Å²) in [6.07, 6.45) is -1.10. The summed E-state index contributed by atoms with van der Waals surface area (Å²) in [5, 5.41) is 1.64. The lowest BCUT2D eigenvalue weighted by Crippen LogP contribution is -2.18. The Morgan fingerprint density at radius 3 is 2.44 bits per heavy atom. The number of carbonyl (C=O) groups is 2. The molecule has 2 aromatic carbocycles. The highest BCUT2D eigenvalue weighted by atomic mass is 16.6. The average Bonchev–Trinajstić information content (AvgIpc) is 2.27. The van der Waals surface area contributed by atoms with Gasteiger partial charge >= 0.3 is 12.1 Å². The predicted octanol–water partition coefficient (Wildman–Crippen LogP) is 2.08. The molecule has 0 saturated carbocycles. The third kappa shape index (κ3) is 1.86. The van der Waals surface area contributed by atoms with Gasteiger partial charge in [0.1, 0.15) is 0 Å². The molecule has 16 heavy (non-hydrogen) atoms. The number of fused-ring (bicyclic) bond motifs is 1. The number of benzene rings is 2. The van der Waals surface area contributed by atoms with E-state index in [1.165, 1.54) is 0 Å². The number of esters is 1. The van der Waals surface area contributed by atoms with Gasteiger partial charge in [0, 0.05) is 0 Å². The first-order valence-corrected chi connectivity index (χ1v) is 4.68. The zero-order chi connectivity index (χ0) is 11.5. The molecule has 0 bridgehead atoms. The molecule has 0 heterocycles. The molecule has 80 valence electrons. The Morgan fingerprint density at radius 1 is 1.00 bits per heavy atom. The van der Waals surface area contributed by atoms with Crippen molar-refractivity contribution in [2.75, 3.05) is 0 Å². The van der Waals surface area contributed by atoms with Crippen molar-refractivity contribution in [1.82, 2.24) is 0 Å². The van der Waals surface area contributed by atoms with Crippen molar-refractivity contribution in [2.24, 2.45) is 5.73 Å². The van der Waals surface area contributed by atoms with Gasteiger partial charge in [0.15, 0.2) is 0 Å². The monoisotopic (exact) mass is 215 g/mol. The molecule has 0 aliphatic heterocycles. The summed E-state index contributed by atoms with van der Waals surface area (Å²) in [7, 11) is 0. The van der Waals surface area contributed by atoms with Gasteiger partial charge in [0.25, 0.3) is 0 Å². The normalized spacial score (nSPS) is 10.0. The standard InChI is InChI=1S/C12H9NO3/c13-12(15)16-11(14)10-7-3-5-8-4-1-2-6-9(8)10/h1-7H,(H2,13,15). The summed E-state index contributed by atoms with van der Waals surface area (Å²) in [6, 6.07) is 12.5. The highest BCUT2D eigenvalue weighted by Gasteiger charge is 2.12. The van der Waals surface area contributed by atoms with Crippen LogP contribution < -0.4 is 5.73 Å². The Hall–Kier alpha value is -2.36. The van der Waals surface area contributed by atoms with Crippen molar-refractivity contribution < 1.29 is 14.3 Å².